The maximum absolute atomic E-state index is 12.7. The third-order valence-corrected chi connectivity index (χ3v) is 6.20. The fourth-order valence-corrected chi connectivity index (χ4v) is 4.58. The minimum atomic E-state index is -0.0476. The summed E-state index contributed by atoms with van der Waals surface area (Å²) in [6, 6.07) is 17.5. The lowest BCUT2D eigenvalue weighted by Gasteiger charge is -2.32. The number of thioether (sulfide) groups is 1. The predicted molar refractivity (Wildman–Crippen MR) is 108 cm³/mol. The Kier molecular flexibility index (Phi) is 5.07. The van der Waals surface area contributed by atoms with E-state index in [1.807, 2.05) is 65.8 Å². The van der Waals surface area contributed by atoms with Crippen molar-refractivity contribution in [2.45, 2.75) is 29.8 Å². The van der Waals surface area contributed by atoms with Gasteiger partial charge in [-0.05, 0) is 55.3 Å². The monoisotopic (exact) mass is 381 g/mol. The molecule has 27 heavy (non-hydrogen) atoms. The summed E-state index contributed by atoms with van der Waals surface area (Å²) in [5.74, 6) is 0.295. The maximum atomic E-state index is 12.7. The Bertz CT molecular complexity index is 842. The topological polar surface area (TPSA) is 61.4 Å². The molecule has 3 amide bonds. The number of hydrogen-bond donors (Lipinski definition) is 2. The number of nitrogens with one attached hydrogen (secondary N) is 2. The fraction of sp³-hybridized carbons (Fsp3) is 0.333. The molecule has 0 radical (unpaired) electrons. The molecule has 0 unspecified atom stereocenters. The lowest BCUT2D eigenvalue weighted by Crippen LogP contribution is -2.48. The molecule has 2 fully saturated rings. The van der Waals surface area contributed by atoms with Gasteiger partial charge >= 0.3 is 6.03 Å². The molecule has 0 aromatic heterocycles. The van der Waals surface area contributed by atoms with Crippen molar-refractivity contribution in [1.29, 1.82) is 0 Å². The Balaban J connectivity index is 1.34. The van der Waals surface area contributed by atoms with E-state index in [1.165, 1.54) is 0 Å². The Morgan fingerprint density at radius 2 is 1.89 bits per heavy atom. The molecule has 6 heteroatoms. The molecule has 4 rings (SSSR count). The first kappa shape index (κ1) is 17.9. The number of hydrogen-bond acceptors (Lipinski definition) is 3. The molecule has 1 heterocycles. The van der Waals surface area contributed by atoms with Crippen molar-refractivity contribution in [1.82, 2.24) is 10.2 Å². The second-order valence-electron chi connectivity index (χ2n) is 7.15. The first-order valence-electron chi connectivity index (χ1n) is 9.21. The van der Waals surface area contributed by atoms with Crippen molar-refractivity contribution in [3.8, 4) is 0 Å². The number of rotatable bonds is 4. The van der Waals surface area contributed by atoms with E-state index in [0.717, 1.165) is 23.4 Å². The minimum Gasteiger partial charge on any atom is -0.349 e. The Morgan fingerprint density at radius 3 is 2.59 bits per heavy atom. The normalized spacial score (nSPS) is 23.3. The van der Waals surface area contributed by atoms with Crippen LogP contribution >= 0.6 is 11.8 Å². The predicted octanol–water partition coefficient (Wildman–Crippen LogP) is 3.83. The van der Waals surface area contributed by atoms with E-state index in [4.69, 9.17) is 0 Å². The van der Waals surface area contributed by atoms with Crippen molar-refractivity contribution in [3.63, 3.8) is 0 Å². The number of fused-ring (bicyclic) bond motifs is 2. The second kappa shape index (κ2) is 7.64. The summed E-state index contributed by atoms with van der Waals surface area (Å²) >= 11 is 1.65. The number of urea groups is 1. The number of piperidine rings is 1. The van der Waals surface area contributed by atoms with Crippen LogP contribution in [0.2, 0.25) is 0 Å². The highest BCUT2D eigenvalue weighted by molar-refractivity contribution is 7.98. The molecular formula is C21H23N3O2S. The summed E-state index contributed by atoms with van der Waals surface area (Å²) < 4.78 is 0. The molecule has 2 aliphatic rings. The Hall–Kier alpha value is -2.47. The summed E-state index contributed by atoms with van der Waals surface area (Å²) in [7, 11) is 0. The van der Waals surface area contributed by atoms with Gasteiger partial charge in [-0.3, -0.25) is 4.79 Å². The smallest absolute Gasteiger partial charge is 0.322 e. The van der Waals surface area contributed by atoms with Crippen LogP contribution in [0.15, 0.2) is 59.5 Å². The van der Waals surface area contributed by atoms with Gasteiger partial charge in [-0.1, -0.05) is 24.3 Å². The van der Waals surface area contributed by atoms with Gasteiger partial charge in [-0.25, -0.2) is 4.79 Å². The lowest BCUT2D eigenvalue weighted by molar-refractivity contribution is 0.0915. The molecule has 140 valence electrons. The zero-order valence-electron chi connectivity index (χ0n) is 15.2. The third-order valence-electron chi connectivity index (χ3n) is 5.48. The Morgan fingerprint density at radius 1 is 1.07 bits per heavy atom. The van der Waals surface area contributed by atoms with E-state index in [9.17, 15) is 9.59 Å². The SMILES string of the molecule is CSc1cccc(NC(=O)N2C[C@@H]3C[C@H]2C[C@@H]3NC(=O)c2ccccc2)c1. The van der Waals surface area contributed by atoms with Crippen molar-refractivity contribution in [2.24, 2.45) is 5.92 Å². The van der Waals surface area contributed by atoms with E-state index in [0.29, 0.717) is 18.0 Å². The third kappa shape index (κ3) is 3.81. The van der Waals surface area contributed by atoms with E-state index >= 15 is 0 Å². The molecule has 5 nitrogen and oxygen atoms in total. The highest BCUT2D eigenvalue weighted by Gasteiger charge is 2.47. The zero-order valence-corrected chi connectivity index (χ0v) is 16.0. The van der Waals surface area contributed by atoms with Gasteiger partial charge in [0.2, 0.25) is 0 Å². The van der Waals surface area contributed by atoms with E-state index in [-0.39, 0.29) is 24.0 Å². The van der Waals surface area contributed by atoms with Crippen LogP contribution in [0.3, 0.4) is 0 Å². The molecule has 3 atom stereocenters. The largest absolute Gasteiger partial charge is 0.349 e. The molecular weight excluding hydrogens is 358 g/mol. The molecule has 1 saturated carbocycles. The van der Waals surface area contributed by atoms with E-state index in [2.05, 4.69) is 10.6 Å². The summed E-state index contributed by atoms with van der Waals surface area (Å²) in [4.78, 5) is 28.1. The quantitative estimate of drug-likeness (QED) is 0.791. The van der Waals surface area contributed by atoms with Crippen molar-refractivity contribution < 1.29 is 9.59 Å². The average Bonchev–Trinajstić information content (AvgIpc) is 3.29. The summed E-state index contributed by atoms with van der Waals surface area (Å²) in [6.45, 7) is 0.693. The van der Waals surface area contributed by atoms with Gasteiger partial charge in [-0.15, -0.1) is 11.8 Å². The number of carbonyl (C=O) groups is 2. The molecule has 1 aliphatic heterocycles. The van der Waals surface area contributed by atoms with E-state index in [1.54, 1.807) is 11.8 Å². The van der Waals surface area contributed by atoms with Crippen LogP contribution in [0.1, 0.15) is 23.2 Å². The molecule has 0 spiro atoms. The first-order valence-corrected chi connectivity index (χ1v) is 10.4. The van der Waals surface area contributed by atoms with Gasteiger partial charge in [0.1, 0.15) is 0 Å². The number of amides is 3. The molecule has 2 aromatic rings. The summed E-state index contributed by atoms with van der Waals surface area (Å²) in [6.07, 6.45) is 3.80. The van der Waals surface area contributed by atoms with Crippen LogP contribution in [0, 0.1) is 5.92 Å². The standard InChI is InChI=1S/C21H23N3O2S/c1-27-18-9-5-8-16(11-18)22-21(26)24-13-15-10-17(24)12-19(15)23-20(25)14-6-3-2-4-7-14/h2-9,11,15,17,19H,10,12-13H2,1H3,(H,22,26)(H,23,25)/t15-,17-,19-/m0/s1. The van der Waals surface area contributed by atoms with Crippen LogP contribution in [0.4, 0.5) is 10.5 Å². The molecule has 1 saturated heterocycles. The van der Waals surface area contributed by atoms with Crippen molar-refractivity contribution >= 4 is 29.4 Å². The van der Waals surface area contributed by atoms with Crippen LogP contribution in [0.25, 0.3) is 0 Å². The lowest BCUT2D eigenvalue weighted by atomic mass is 10.0. The fourth-order valence-electron chi connectivity index (χ4n) is 4.12. The van der Waals surface area contributed by atoms with Gasteiger partial charge in [0.25, 0.3) is 5.91 Å². The van der Waals surface area contributed by atoms with Gasteiger partial charge in [0, 0.05) is 34.8 Å². The number of benzene rings is 2. The van der Waals surface area contributed by atoms with Crippen LogP contribution in [0.5, 0.6) is 0 Å². The number of likely N-dealkylation sites (tertiary alicyclic amines) is 1. The summed E-state index contributed by atoms with van der Waals surface area (Å²) in [5, 5.41) is 6.16. The Labute approximate surface area is 163 Å². The number of anilines is 1. The van der Waals surface area contributed by atoms with E-state index < -0.39 is 0 Å². The van der Waals surface area contributed by atoms with Crippen molar-refractivity contribution in [3.05, 3.63) is 60.2 Å². The van der Waals surface area contributed by atoms with Gasteiger partial charge in [0.05, 0.1) is 0 Å². The van der Waals surface area contributed by atoms with Crippen molar-refractivity contribution in [2.75, 3.05) is 18.1 Å². The second-order valence-corrected chi connectivity index (χ2v) is 8.03. The molecule has 2 bridgehead atoms. The summed E-state index contributed by atoms with van der Waals surface area (Å²) in [5.41, 5.74) is 1.51. The van der Waals surface area contributed by atoms with Gasteiger partial charge in [-0.2, -0.15) is 0 Å². The van der Waals surface area contributed by atoms with Gasteiger partial charge < -0.3 is 15.5 Å². The first-order chi connectivity index (χ1) is 13.1. The van der Waals surface area contributed by atoms with Crippen LogP contribution < -0.4 is 10.6 Å². The average molecular weight is 382 g/mol. The highest BCUT2D eigenvalue weighted by Crippen LogP contribution is 2.38. The molecule has 1 aliphatic carbocycles. The maximum Gasteiger partial charge on any atom is 0.322 e. The zero-order chi connectivity index (χ0) is 18.8. The number of carbonyl (C=O) groups excluding carboxylic acids is 2. The van der Waals surface area contributed by atoms with Crippen LogP contribution in [-0.2, 0) is 0 Å². The molecule has 2 N–H and O–H groups in total. The highest BCUT2D eigenvalue weighted by atomic mass is 32.2. The minimum absolute atomic E-state index is 0.0296. The van der Waals surface area contributed by atoms with Crippen LogP contribution in [-0.4, -0.2) is 41.7 Å². The van der Waals surface area contributed by atoms with Gasteiger partial charge in [0.15, 0.2) is 0 Å². The number of nitrogens with zero attached hydrogens (tertiary/aromatic N) is 1. The molecule has 2 aromatic carbocycles.